The van der Waals surface area contributed by atoms with E-state index in [1.165, 1.54) is 0 Å². The maximum Gasteiger partial charge on any atom is 0.245 e. The van der Waals surface area contributed by atoms with E-state index in [9.17, 15) is 14.4 Å². The second kappa shape index (κ2) is 5.96. The molecule has 7 heteroatoms. The molecule has 116 valence electrons. The first-order valence-electron chi connectivity index (χ1n) is 7.14. The van der Waals surface area contributed by atoms with Crippen LogP contribution < -0.4 is 5.32 Å². The first-order valence-corrected chi connectivity index (χ1v) is 7.52. The summed E-state index contributed by atoms with van der Waals surface area (Å²) < 4.78 is 0. The van der Waals surface area contributed by atoms with Crippen LogP contribution in [0.25, 0.3) is 0 Å². The van der Waals surface area contributed by atoms with Crippen LogP contribution in [0.2, 0.25) is 5.02 Å². The van der Waals surface area contributed by atoms with E-state index in [0.29, 0.717) is 18.1 Å². The second-order valence-corrected chi connectivity index (χ2v) is 5.84. The number of piperazine rings is 2. The zero-order chi connectivity index (χ0) is 15.7. The van der Waals surface area contributed by atoms with E-state index in [4.69, 9.17) is 11.6 Å². The summed E-state index contributed by atoms with van der Waals surface area (Å²) >= 11 is 6.07. The summed E-state index contributed by atoms with van der Waals surface area (Å²) in [6.45, 7) is 1.12. The zero-order valence-corrected chi connectivity index (χ0v) is 12.7. The van der Waals surface area contributed by atoms with Gasteiger partial charge in [-0.15, -0.1) is 0 Å². The number of hydrogen-bond acceptors (Lipinski definition) is 3. The van der Waals surface area contributed by atoms with Gasteiger partial charge in [0, 0.05) is 18.1 Å². The first kappa shape index (κ1) is 14.8. The molecule has 0 aliphatic carbocycles. The van der Waals surface area contributed by atoms with Crippen molar-refractivity contribution < 1.29 is 14.4 Å². The molecule has 0 aromatic heterocycles. The predicted octanol–water partition coefficient (Wildman–Crippen LogP) is 0.0517. The standard InChI is InChI=1S/C15H16ClN3O3/c16-11-4-2-1-3-10(11)7-13(20)18-5-6-19-12(9-18)15(22)17-8-14(19)21/h1-4,12H,5-9H2,(H,17,22). The Morgan fingerprint density at radius 2 is 2.05 bits per heavy atom. The quantitative estimate of drug-likeness (QED) is 0.837. The number of carbonyl (C=O) groups excluding carboxylic acids is 3. The number of amides is 3. The first-order chi connectivity index (χ1) is 10.6. The van der Waals surface area contributed by atoms with Crippen LogP contribution >= 0.6 is 11.6 Å². The number of nitrogens with one attached hydrogen (secondary N) is 1. The smallest absolute Gasteiger partial charge is 0.245 e. The van der Waals surface area contributed by atoms with E-state index in [-0.39, 0.29) is 37.2 Å². The van der Waals surface area contributed by atoms with Crippen molar-refractivity contribution in [3.63, 3.8) is 0 Å². The third-order valence-corrected chi connectivity index (χ3v) is 4.44. The van der Waals surface area contributed by atoms with Crippen LogP contribution in [0.3, 0.4) is 0 Å². The van der Waals surface area contributed by atoms with Gasteiger partial charge in [0.25, 0.3) is 0 Å². The van der Waals surface area contributed by atoms with Crippen molar-refractivity contribution in [2.75, 3.05) is 26.2 Å². The molecular formula is C15H16ClN3O3. The van der Waals surface area contributed by atoms with Gasteiger partial charge in [-0.25, -0.2) is 0 Å². The summed E-state index contributed by atoms with van der Waals surface area (Å²) in [5.41, 5.74) is 0.765. The van der Waals surface area contributed by atoms with Gasteiger partial charge >= 0.3 is 0 Å². The van der Waals surface area contributed by atoms with Crippen LogP contribution in [0.4, 0.5) is 0 Å². The molecule has 2 aliphatic heterocycles. The molecule has 1 aromatic carbocycles. The Balaban J connectivity index is 1.69. The topological polar surface area (TPSA) is 69.7 Å². The van der Waals surface area contributed by atoms with Crippen molar-refractivity contribution in [1.82, 2.24) is 15.1 Å². The highest BCUT2D eigenvalue weighted by molar-refractivity contribution is 6.31. The summed E-state index contributed by atoms with van der Waals surface area (Å²) in [6, 6.07) is 6.63. The predicted molar refractivity (Wildman–Crippen MR) is 80.2 cm³/mol. The lowest BCUT2D eigenvalue weighted by molar-refractivity contribution is -0.152. The van der Waals surface area contributed by atoms with Gasteiger partial charge in [-0.05, 0) is 11.6 Å². The summed E-state index contributed by atoms with van der Waals surface area (Å²) in [7, 11) is 0. The molecule has 22 heavy (non-hydrogen) atoms. The number of fused-ring (bicyclic) bond motifs is 1. The Labute approximate surface area is 133 Å². The van der Waals surface area contributed by atoms with E-state index < -0.39 is 6.04 Å². The highest BCUT2D eigenvalue weighted by atomic mass is 35.5. The number of carbonyl (C=O) groups is 3. The van der Waals surface area contributed by atoms with Gasteiger partial charge in [0.1, 0.15) is 6.04 Å². The molecule has 2 fully saturated rings. The largest absolute Gasteiger partial charge is 0.345 e. The van der Waals surface area contributed by atoms with E-state index in [2.05, 4.69) is 5.32 Å². The van der Waals surface area contributed by atoms with Crippen molar-refractivity contribution in [2.45, 2.75) is 12.5 Å². The van der Waals surface area contributed by atoms with Crippen LogP contribution in [0.15, 0.2) is 24.3 Å². The van der Waals surface area contributed by atoms with Crippen LogP contribution in [0.5, 0.6) is 0 Å². The Morgan fingerprint density at radius 3 is 2.82 bits per heavy atom. The molecule has 3 amide bonds. The van der Waals surface area contributed by atoms with E-state index in [1.54, 1.807) is 15.9 Å². The summed E-state index contributed by atoms with van der Waals surface area (Å²) in [4.78, 5) is 39.3. The van der Waals surface area contributed by atoms with Gasteiger partial charge in [0.15, 0.2) is 0 Å². The minimum Gasteiger partial charge on any atom is -0.345 e. The highest BCUT2D eigenvalue weighted by Crippen LogP contribution is 2.18. The van der Waals surface area contributed by atoms with Crippen molar-refractivity contribution in [2.24, 2.45) is 0 Å². The van der Waals surface area contributed by atoms with Crippen molar-refractivity contribution in [3.05, 3.63) is 34.9 Å². The van der Waals surface area contributed by atoms with Gasteiger partial charge in [0.2, 0.25) is 17.7 Å². The third-order valence-electron chi connectivity index (χ3n) is 4.07. The molecule has 0 radical (unpaired) electrons. The lowest BCUT2D eigenvalue weighted by atomic mass is 10.1. The SMILES string of the molecule is O=C1NCC(=O)N2CCN(C(=O)Cc3ccccc3Cl)CC12. The minimum atomic E-state index is -0.579. The van der Waals surface area contributed by atoms with Gasteiger partial charge in [-0.2, -0.15) is 0 Å². The molecular weight excluding hydrogens is 306 g/mol. The second-order valence-electron chi connectivity index (χ2n) is 5.43. The van der Waals surface area contributed by atoms with Crippen LogP contribution in [-0.4, -0.2) is 59.7 Å². The van der Waals surface area contributed by atoms with Crippen molar-refractivity contribution >= 4 is 29.3 Å². The van der Waals surface area contributed by atoms with Gasteiger partial charge in [-0.3, -0.25) is 14.4 Å². The molecule has 2 saturated heterocycles. The van der Waals surface area contributed by atoms with E-state index >= 15 is 0 Å². The summed E-state index contributed by atoms with van der Waals surface area (Å²) in [5.74, 6) is -0.379. The van der Waals surface area contributed by atoms with Gasteiger partial charge in [-0.1, -0.05) is 29.8 Å². The number of benzene rings is 1. The molecule has 0 bridgehead atoms. The Bertz CT molecular complexity index is 634. The van der Waals surface area contributed by atoms with E-state index in [1.807, 2.05) is 18.2 Å². The van der Waals surface area contributed by atoms with Crippen molar-refractivity contribution in [1.29, 1.82) is 0 Å². The van der Waals surface area contributed by atoms with Crippen LogP contribution in [-0.2, 0) is 20.8 Å². The van der Waals surface area contributed by atoms with Gasteiger partial charge in [0.05, 0.1) is 19.5 Å². The Morgan fingerprint density at radius 1 is 1.27 bits per heavy atom. The zero-order valence-electron chi connectivity index (χ0n) is 11.9. The molecule has 2 aliphatic rings. The lowest BCUT2D eigenvalue weighted by Gasteiger charge is -2.42. The fraction of sp³-hybridized carbons (Fsp3) is 0.400. The molecule has 1 aromatic rings. The average molecular weight is 322 g/mol. The fourth-order valence-corrected chi connectivity index (χ4v) is 3.03. The summed E-state index contributed by atoms with van der Waals surface area (Å²) in [6.07, 6.45) is 0.196. The molecule has 1 atom stereocenters. The van der Waals surface area contributed by atoms with E-state index in [0.717, 1.165) is 5.56 Å². The molecule has 3 rings (SSSR count). The molecule has 0 saturated carbocycles. The minimum absolute atomic E-state index is 0.0445. The average Bonchev–Trinajstić information content (AvgIpc) is 2.53. The van der Waals surface area contributed by atoms with Crippen LogP contribution in [0, 0.1) is 0 Å². The molecule has 0 spiro atoms. The number of nitrogens with zero attached hydrogens (tertiary/aromatic N) is 2. The molecule has 6 nitrogen and oxygen atoms in total. The monoisotopic (exact) mass is 321 g/mol. The highest BCUT2D eigenvalue weighted by Gasteiger charge is 2.39. The number of halogens is 1. The normalized spacial score (nSPS) is 21.4. The fourth-order valence-electron chi connectivity index (χ4n) is 2.83. The lowest BCUT2D eigenvalue weighted by Crippen LogP contribution is -2.66. The Hall–Kier alpha value is -2.08. The van der Waals surface area contributed by atoms with Gasteiger partial charge < -0.3 is 15.1 Å². The maximum atomic E-state index is 12.4. The molecule has 1 N–H and O–H groups in total. The summed E-state index contributed by atoms with van der Waals surface area (Å²) in [5, 5.41) is 3.12. The number of hydrogen-bond donors (Lipinski definition) is 1. The number of rotatable bonds is 2. The third kappa shape index (κ3) is 2.78. The Kier molecular flexibility index (Phi) is 4.02. The molecule has 2 heterocycles. The maximum absolute atomic E-state index is 12.4. The molecule has 1 unspecified atom stereocenters. The van der Waals surface area contributed by atoms with Crippen molar-refractivity contribution in [3.8, 4) is 0 Å². The van der Waals surface area contributed by atoms with Crippen LogP contribution in [0.1, 0.15) is 5.56 Å².